The molecule has 0 aliphatic rings. The first-order valence-electron chi connectivity index (χ1n) is 7.01. The van der Waals surface area contributed by atoms with E-state index >= 15 is 0 Å². The van der Waals surface area contributed by atoms with Crippen LogP contribution in [-0.2, 0) is 9.59 Å². The number of nitrogens with zero attached hydrogens (tertiary/aromatic N) is 4. The Hall–Kier alpha value is -2.48. The summed E-state index contributed by atoms with van der Waals surface area (Å²) >= 11 is 5.83. The van der Waals surface area contributed by atoms with Gasteiger partial charge < -0.3 is 10.4 Å². The number of hydrogen-bond acceptors (Lipinski definition) is 5. The van der Waals surface area contributed by atoms with E-state index in [1.54, 1.807) is 31.2 Å². The zero-order chi connectivity index (χ0) is 17.0. The lowest BCUT2D eigenvalue weighted by Gasteiger charge is -2.15. The minimum atomic E-state index is -1.11. The SMILES string of the molecule is CCC(C(=O)N[C@@H](C)C(=O)O)n1nnc(-c2ccc(Cl)cc2)n1. The Kier molecular flexibility index (Phi) is 5.28. The lowest BCUT2D eigenvalue weighted by molar-refractivity contribution is -0.141. The van der Waals surface area contributed by atoms with Crippen LogP contribution in [0, 0.1) is 0 Å². The number of carboxylic acid groups (broad SMARTS) is 1. The molecule has 0 saturated heterocycles. The Morgan fingerprint density at radius 3 is 2.57 bits per heavy atom. The van der Waals surface area contributed by atoms with Crippen molar-refractivity contribution in [1.29, 1.82) is 0 Å². The molecular weight excluding hydrogens is 322 g/mol. The highest BCUT2D eigenvalue weighted by atomic mass is 35.5. The zero-order valence-corrected chi connectivity index (χ0v) is 13.4. The highest BCUT2D eigenvalue weighted by molar-refractivity contribution is 6.30. The van der Waals surface area contributed by atoms with Crippen molar-refractivity contribution < 1.29 is 14.7 Å². The maximum atomic E-state index is 12.2. The highest BCUT2D eigenvalue weighted by Gasteiger charge is 2.25. The number of carboxylic acids is 1. The third-order valence-electron chi connectivity index (χ3n) is 3.23. The van der Waals surface area contributed by atoms with E-state index in [1.807, 2.05) is 0 Å². The van der Waals surface area contributed by atoms with Gasteiger partial charge in [0.25, 0.3) is 0 Å². The standard InChI is InChI=1S/C14H16ClN5O3/c1-3-11(13(21)16-8(2)14(22)23)20-18-12(17-19-20)9-4-6-10(15)7-5-9/h4-8,11H,3H2,1-2H3,(H,16,21)(H,22,23)/t8-,11?/m0/s1. The molecule has 1 aromatic carbocycles. The number of aliphatic carboxylic acids is 1. The van der Waals surface area contributed by atoms with Crippen molar-refractivity contribution in [3.63, 3.8) is 0 Å². The van der Waals surface area contributed by atoms with Crippen molar-refractivity contribution >= 4 is 23.5 Å². The van der Waals surface area contributed by atoms with E-state index in [4.69, 9.17) is 16.7 Å². The molecule has 1 amide bonds. The third-order valence-corrected chi connectivity index (χ3v) is 3.48. The molecule has 1 heterocycles. The summed E-state index contributed by atoms with van der Waals surface area (Å²) in [5.74, 6) is -1.22. The Balaban J connectivity index is 2.18. The van der Waals surface area contributed by atoms with E-state index in [-0.39, 0.29) is 0 Å². The Labute approximate surface area is 137 Å². The minimum Gasteiger partial charge on any atom is -0.480 e. The van der Waals surface area contributed by atoms with Gasteiger partial charge in [-0.05, 0) is 42.8 Å². The first-order chi connectivity index (χ1) is 10.9. The van der Waals surface area contributed by atoms with Gasteiger partial charge >= 0.3 is 5.97 Å². The number of hydrogen-bond donors (Lipinski definition) is 2. The fraction of sp³-hybridized carbons (Fsp3) is 0.357. The van der Waals surface area contributed by atoms with E-state index in [1.165, 1.54) is 11.7 Å². The first-order valence-corrected chi connectivity index (χ1v) is 7.38. The number of benzene rings is 1. The van der Waals surface area contributed by atoms with Crippen LogP contribution in [0.1, 0.15) is 26.3 Å². The molecule has 0 spiro atoms. The van der Waals surface area contributed by atoms with E-state index in [0.29, 0.717) is 17.3 Å². The summed E-state index contributed by atoms with van der Waals surface area (Å²) in [5, 5.41) is 23.9. The van der Waals surface area contributed by atoms with Crippen molar-refractivity contribution in [2.24, 2.45) is 0 Å². The van der Waals surface area contributed by atoms with Gasteiger partial charge in [-0.3, -0.25) is 9.59 Å². The van der Waals surface area contributed by atoms with Crippen molar-refractivity contribution in [3.8, 4) is 11.4 Å². The second-order valence-electron chi connectivity index (χ2n) is 4.93. The van der Waals surface area contributed by atoms with Gasteiger partial charge in [0.15, 0.2) is 6.04 Å². The molecule has 2 atom stereocenters. The van der Waals surface area contributed by atoms with Gasteiger partial charge in [0, 0.05) is 10.6 Å². The van der Waals surface area contributed by atoms with Crippen molar-refractivity contribution in [3.05, 3.63) is 29.3 Å². The predicted molar refractivity (Wildman–Crippen MR) is 82.8 cm³/mol. The molecule has 0 aliphatic heterocycles. The molecule has 0 bridgehead atoms. The number of aromatic nitrogens is 4. The number of amides is 1. The van der Waals surface area contributed by atoms with E-state index in [0.717, 1.165) is 5.56 Å². The summed E-state index contributed by atoms with van der Waals surface area (Å²) in [7, 11) is 0. The molecule has 0 saturated carbocycles. The lowest BCUT2D eigenvalue weighted by atomic mass is 10.2. The number of rotatable bonds is 6. The van der Waals surface area contributed by atoms with E-state index in [9.17, 15) is 9.59 Å². The molecule has 1 aromatic heterocycles. The molecule has 23 heavy (non-hydrogen) atoms. The Bertz CT molecular complexity index is 701. The fourth-order valence-electron chi connectivity index (χ4n) is 1.90. The predicted octanol–water partition coefficient (Wildman–Crippen LogP) is 1.53. The Morgan fingerprint density at radius 1 is 1.35 bits per heavy atom. The van der Waals surface area contributed by atoms with Crippen LogP contribution in [0.15, 0.2) is 24.3 Å². The monoisotopic (exact) mass is 337 g/mol. The van der Waals surface area contributed by atoms with Crippen LogP contribution in [-0.4, -0.2) is 43.2 Å². The van der Waals surface area contributed by atoms with Crippen LogP contribution in [0.3, 0.4) is 0 Å². The van der Waals surface area contributed by atoms with Crippen LogP contribution in [0.5, 0.6) is 0 Å². The molecule has 0 fully saturated rings. The molecule has 2 N–H and O–H groups in total. The average Bonchev–Trinajstić information content (AvgIpc) is 2.98. The number of carbonyl (C=O) groups excluding carboxylic acids is 1. The molecule has 1 unspecified atom stereocenters. The van der Waals surface area contributed by atoms with Gasteiger partial charge in [0.05, 0.1) is 0 Å². The van der Waals surface area contributed by atoms with Crippen molar-refractivity contribution in [2.45, 2.75) is 32.4 Å². The molecule has 2 rings (SSSR count). The lowest BCUT2D eigenvalue weighted by Crippen LogP contribution is -2.42. The quantitative estimate of drug-likeness (QED) is 0.827. The zero-order valence-electron chi connectivity index (χ0n) is 12.6. The maximum absolute atomic E-state index is 12.2. The van der Waals surface area contributed by atoms with Crippen LogP contribution in [0.25, 0.3) is 11.4 Å². The average molecular weight is 338 g/mol. The van der Waals surface area contributed by atoms with Crippen LogP contribution >= 0.6 is 11.6 Å². The van der Waals surface area contributed by atoms with Crippen molar-refractivity contribution in [2.75, 3.05) is 0 Å². The van der Waals surface area contributed by atoms with Crippen LogP contribution in [0.2, 0.25) is 5.02 Å². The van der Waals surface area contributed by atoms with E-state index < -0.39 is 24.0 Å². The molecule has 122 valence electrons. The summed E-state index contributed by atoms with van der Waals surface area (Å²) in [4.78, 5) is 24.2. The summed E-state index contributed by atoms with van der Waals surface area (Å²) in [6.07, 6.45) is 0.397. The molecule has 8 nitrogen and oxygen atoms in total. The number of nitrogens with one attached hydrogen (secondary N) is 1. The third kappa shape index (κ3) is 4.04. The first kappa shape index (κ1) is 16.9. The number of carbonyl (C=O) groups is 2. The second kappa shape index (κ2) is 7.19. The van der Waals surface area contributed by atoms with Gasteiger partial charge in [0.2, 0.25) is 11.7 Å². The van der Waals surface area contributed by atoms with E-state index in [2.05, 4.69) is 20.7 Å². The largest absolute Gasteiger partial charge is 0.480 e. The van der Waals surface area contributed by atoms with Crippen molar-refractivity contribution in [1.82, 2.24) is 25.5 Å². The summed E-state index contributed by atoms with van der Waals surface area (Å²) in [6.45, 7) is 3.17. The van der Waals surface area contributed by atoms with Gasteiger partial charge in [-0.15, -0.1) is 10.2 Å². The number of halogens is 1. The fourth-order valence-corrected chi connectivity index (χ4v) is 2.02. The van der Waals surface area contributed by atoms with Gasteiger partial charge in [-0.1, -0.05) is 18.5 Å². The van der Waals surface area contributed by atoms with Gasteiger partial charge in [0.1, 0.15) is 6.04 Å². The molecular formula is C14H16ClN5O3. The summed E-state index contributed by atoms with van der Waals surface area (Å²) in [6, 6.07) is 5.18. The summed E-state index contributed by atoms with van der Waals surface area (Å²) < 4.78 is 0. The Morgan fingerprint density at radius 2 is 2.00 bits per heavy atom. The highest BCUT2D eigenvalue weighted by Crippen LogP contribution is 2.18. The van der Waals surface area contributed by atoms with Crippen LogP contribution in [0.4, 0.5) is 0 Å². The smallest absolute Gasteiger partial charge is 0.325 e. The maximum Gasteiger partial charge on any atom is 0.325 e. The normalized spacial score (nSPS) is 13.3. The van der Waals surface area contributed by atoms with Gasteiger partial charge in [-0.25, -0.2) is 0 Å². The number of tetrazole rings is 1. The van der Waals surface area contributed by atoms with Crippen LogP contribution < -0.4 is 5.32 Å². The molecule has 9 heteroatoms. The second-order valence-corrected chi connectivity index (χ2v) is 5.37. The topological polar surface area (TPSA) is 110 Å². The molecule has 0 aliphatic carbocycles. The summed E-state index contributed by atoms with van der Waals surface area (Å²) in [5.41, 5.74) is 0.717. The molecule has 2 aromatic rings. The minimum absolute atomic E-state index is 0.360. The molecule has 0 radical (unpaired) electrons. The van der Waals surface area contributed by atoms with Gasteiger partial charge in [-0.2, -0.15) is 4.80 Å².